The van der Waals surface area contributed by atoms with Crippen LogP contribution >= 0.6 is 0 Å². The summed E-state index contributed by atoms with van der Waals surface area (Å²) in [7, 11) is 0. The van der Waals surface area contributed by atoms with Crippen molar-refractivity contribution in [1.82, 2.24) is 0 Å². The largest absolute Gasteiger partial charge is 0.484 e. The third-order valence-corrected chi connectivity index (χ3v) is 2.85. The molecule has 2 rings (SSSR count). The molecule has 0 saturated carbocycles. The minimum Gasteiger partial charge on any atom is -0.484 e. The van der Waals surface area contributed by atoms with E-state index in [4.69, 9.17) is 0 Å². The average molecular weight is 334 g/mol. The van der Waals surface area contributed by atoms with E-state index in [9.17, 15) is 31.1 Å². The minimum absolute atomic E-state index is 0.0251. The van der Waals surface area contributed by atoms with Crippen molar-refractivity contribution < 1.29 is 35.9 Å². The second-order valence-electron chi connectivity index (χ2n) is 4.52. The summed E-state index contributed by atoms with van der Waals surface area (Å²) in [6.07, 6.45) is -4.27. The van der Waals surface area contributed by atoms with E-state index in [1.54, 1.807) is 0 Å². The van der Waals surface area contributed by atoms with Crippen molar-refractivity contribution in [2.45, 2.75) is 6.18 Å². The lowest BCUT2D eigenvalue weighted by Crippen LogP contribution is -2.19. The molecule has 0 heterocycles. The highest BCUT2D eigenvalue weighted by atomic mass is 19.4. The topological polar surface area (TPSA) is 26.3 Å². The van der Waals surface area contributed by atoms with Gasteiger partial charge >= 0.3 is 6.18 Å². The zero-order valence-electron chi connectivity index (χ0n) is 11.3. The number of carbonyl (C=O) groups excluding carboxylic acids is 1. The Bertz CT molecular complexity index is 716. The molecule has 0 aliphatic rings. The molecule has 2 aromatic rings. The van der Waals surface area contributed by atoms with Crippen LogP contribution in [0.1, 0.15) is 10.4 Å². The van der Waals surface area contributed by atoms with Gasteiger partial charge in [0, 0.05) is 5.56 Å². The molecule has 0 radical (unpaired) electrons. The average Bonchev–Trinajstić information content (AvgIpc) is 2.49. The van der Waals surface area contributed by atoms with Gasteiger partial charge in [0.05, 0.1) is 0 Å². The predicted molar refractivity (Wildman–Crippen MR) is 68.7 cm³/mol. The van der Waals surface area contributed by atoms with Crippen LogP contribution in [0.25, 0.3) is 11.1 Å². The van der Waals surface area contributed by atoms with E-state index in [1.807, 2.05) is 0 Å². The van der Waals surface area contributed by atoms with E-state index in [0.29, 0.717) is 12.1 Å². The summed E-state index contributed by atoms with van der Waals surface area (Å²) >= 11 is 0. The maximum absolute atomic E-state index is 13.2. The van der Waals surface area contributed by atoms with E-state index in [-0.39, 0.29) is 28.7 Å². The zero-order chi connectivity index (χ0) is 17.2. The summed E-state index contributed by atoms with van der Waals surface area (Å²) in [5, 5.41) is 0. The molecule has 8 heteroatoms. The smallest absolute Gasteiger partial charge is 0.422 e. The lowest BCUT2D eigenvalue weighted by molar-refractivity contribution is -0.153. The maximum Gasteiger partial charge on any atom is 0.422 e. The molecule has 0 bridgehead atoms. The molecular formula is C15H8F6O2. The number of benzene rings is 2. The second-order valence-corrected chi connectivity index (χ2v) is 4.52. The molecule has 122 valence electrons. The van der Waals surface area contributed by atoms with Crippen LogP contribution in [0.4, 0.5) is 26.3 Å². The summed E-state index contributed by atoms with van der Waals surface area (Å²) in [6, 6.07) is 4.61. The van der Waals surface area contributed by atoms with Gasteiger partial charge in [-0.2, -0.15) is 13.2 Å². The van der Waals surface area contributed by atoms with Gasteiger partial charge in [-0.1, -0.05) is 0 Å². The Balaban J connectivity index is 2.39. The summed E-state index contributed by atoms with van der Waals surface area (Å²) in [5.41, 5.74) is -0.266. The van der Waals surface area contributed by atoms with Crippen LogP contribution < -0.4 is 4.74 Å². The molecule has 0 unspecified atom stereocenters. The number of aldehydes is 1. The highest BCUT2D eigenvalue weighted by molar-refractivity contribution is 5.88. The number of alkyl halides is 3. The van der Waals surface area contributed by atoms with Gasteiger partial charge in [0.15, 0.2) is 30.3 Å². The first-order chi connectivity index (χ1) is 10.7. The molecule has 0 spiro atoms. The number of hydrogen-bond acceptors (Lipinski definition) is 2. The van der Waals surface area contributed by atoms with Gasteiger partial charge in [-0.25, -0.2) is 13.2 Å². The van der Waals surface area contributed by atoms with Gasteiger partial charge in [-0.05, 0) is 41.5 Å². The molecule has 2 aromatic carbocycles. The fourth-order valence-corrected chi connectivity index (χ4v) is 1.87. The van der Waals surface area contributed by atoms with Crippen molar-refractivity contribution >= 4 is 6.29 Å². The molecule has 0 aromatic heterocycles. The third-order valence-electron chi connectivity index (χ3n) is 2.85. The van der Waals surface area contributed by atoms with Gasteiger partial charge in [0.2, 0.25) is 0 Å². The van der Waals surface area contributed by atoms with Crippen molar-refractivity contribution in [2.75, 3.05) is 6.61 Å². The van der Waals surface area contributed by atoms with Crippen LogP contribution in [0.5, 0.6) is 5.75 Å². The predicted octanol–water partition coefficient (Wildman–Crippen LogP) is 4.52. The van der Waals surface area contributed by atoms with Gasteiger partial charge in [-0.15, -0.1) is 0 Å². The fraction of sp³-hybridized carbons (Fsp3) is 0.133. The monoisotopic (exact) mass is 334 g/mol. The minimum atomic E-state index is -4.55. The summed E-state index contributed by atoms with van der Waals surface area (Å²) < 4.78 is 80.1. The fourth-order valence-electron chi connectivity index (χ4n) is 1.87. The van der Waals surface area contributed by atoms with Crippen molar-refractivity contribution in [1.29, 1.82) is 0 Å². The number of ether oxygens (including phenoxy) is 1. The first-order valence-corrected chi connectivity index (χ1v) is 6.15. The highest BCUT2D eigenvalue weighted by Crippen LogP contribution is 2.29. The third kappa shape index (κ3) is 4.02. The highest BCUT2D eigenvalue weighted by Gasteiger charge is 2.28. The standard InChI is InChI=1S/C15H8F6O2/c16-12-4-8(5-13(17)14(12)18)11-2-1-10(3-9(11)6-22)23-7-15(19,20)21/h1-6H,7H2. The summed E-state index contributed by atoms with van der Waals surface area (Å²) in [4.78, 5) is 11.1. The van der Waals surface area contributed by atoms with Crippen LogP contribution in [-0.4, -0.2) is 19.1 Å². The number of halogens is 6. The molecule has 0 N–H and O–H groups in total. The number of rotatable bonds is 4. The van der Waals surface area contributed by atoms with Crippen molar-refractivity contribution in [3.8, 4) is 16.9 Å². The molecule has 2 nitrogen and oxygen atoms in total. The Labute approximate surface area is 126 Å². The Morgan fingerprint density at radius 2 is 1.61 bits per heavy atom. The van der Waals surface area contributed by atoms with Crippen LogP contribution in [0, 0.1) is 17.5 Å². The Hall–Kier alpha value is -2.51. The van der Waals surface area contributed by atoms with E-state index in [0.717, 1.165) is 18.2 Å². The molecule has 0 saturated heterocycles. The van der Waals surface area contributed by atoms with Crippen molar-refractivity contribution in [2.24, 2.45) is 0 Å². The molecular weight excluding hydrogens is 326 g/mol. The first kappa shape index (κ1) is 16.9. The van der Waals surface area contributed by atoms with Gasteiger partial charge in [0.25, 0.3) is 0 Å². The van der Waals surface area contributed by atoms with Gasteiger partial charge < -0.3 is 4.74 Å². The van der Waals surface area contributed by atoms with Gasteiger partial charge in [-0.3, -0.25) is 4.79 Å². The Morgan fingerprint density at radius 1 is 1.00 bits per heavy atom. The molecule has 0 aliphatic heterocycles. The molecule has 0 aliphatic carbocycles. The Kier molecular flexibility index (Phi) is 4.63. The van der Waals surface area contributed by atoms with Crippen LogP contribution in [0.15, 0.2) is 30.3 Å². The SMILES string of the molecule is O=Cc1cc(OCC(F)(F)F)ccc1-c1cc(F)c(F)c(F)c1. The first-order valence-electron chi connectivity index (χ1n) is 6.15. The van der Waals surface area contributed by atoms with Crippen molar-refractivity contribution in [3.05, 3.63) is 53.3 Å². The van der Waals surface area contributed by atoms with E-state index in [2.05, 4.69) is 4.74 Å². The van der Waals surface area contributed by atoms with E-state index in [1.165, 1.54) is 0 Å². The lowest BCUT2D eigenvalue weighted by Gasteiger charge is -2.12. The normalized spacial score (nSPS) is 11.4. The van der Waals surface area contributed by atoms with Gasteiger partial charge in [0.1, 0.15) is 5.75 Å². The van der Waals surface area contributed by atoms with Crippen LogP contribution in [0.3, 0.4) is 0 Å². The van der Waals surface area contributed by atoms with Crippen LogP contribution in [-0.2, 0) is 0 Å². The molecule has 0 fully saturated rings. The number of hydrogen-bond donors (Lipinski definition) is 0. The van der Waals surface area contributed by atoms with E-state index < -0.39 is 30.2 Å². The molecule has 0 atom stereocenters. The molecule has 23 heavy (non-hydrogen) atoms. The maximum atomic E-state index is 13.2. The summed E-state index contributed by atoms with van der Waals surface area (Å²) in [6.45, 7) is -1.55. The second kappa shape index (κ2) is 6.31. The van der Waals surface area contributed by atoms with E-state index >= 15 is 0 Å². The lowest BCUT2D eigenvalue weighted by atomic mass is 9.99. The zero-order valence-corrected chi connectivity index (χ0v) is 11.3. The summed E-state index contributed by atoms with van der Waals surface area (Å²) in [5.74, 6) is -4.80. The quantitative estimate of drug-likeness (QED) is 0.467. The molecule has 0 amide bonds. The number of carbonyl (C=O) groups is 1. The van der Waals surface area contributed by atoms with Crippen LogP contribution in [0.2, 0.25) is 0 Å². The van der Waals surface area contributed by atoms with Crippen molar-refractivity contribution in [3.63, 3.8) is 0 Å². The Morgan fingerprint density at radius 3 is 2.13 bits per heavy atom.